The number of morpholine rings is 1. The second-order valence-electron chi connectivity index (χ2n) is 3.25. The number of hydrogen-bond donors (Lipinski definition) is 0. The SMILES string of the molecule is CCOc1cnc(N2CCOCC2)nc1. The summed E-state index contributed by atoms with van der Waals surface area (Å²) >= 11 is 0. The van der Waals surface area contributed by atoms with Gasteiger partial charge >= 0.3 is 0 Å². The van der Waals surface area contributed by atoms with Gasteiger partial charge in [-0.25, -0.2) is 9.97 Å². The van der Waals surface area contributed by atoms with Crippen LogP contribution in [0.3, 0.4) is 0 Å². The van der Waals surface area contributed by atoms with Crippen LogP contribution in [0, 0.1) is 0 Å². The van der Waals surface area contributed by atoms with Crippen molar-refractivity contribution in [2.45, 2.75) is 6.92 Å². The summed E-state index contributed by atoms with van der Waals surface area (Å²) in [7, 11) is 0. The molecule has 0 aromatic carbocycles. The standard InChI is InChI=1S/C10H15N3O2/c1-2-15-9-7-11-10(12-8-9)13-3-5-14-6-4-13/h7-8H,2-6H2,1H3. The third-order valence-electron chi connectivity index (χ3n) is 2.22. The molecule has 82 valence electrons. The molecule has 1 fully saturated rings. The van der Waals surface area contributed by atoms with E-state index < -0.39 is 0 Å². The van der Waals surface area contributed by atoms with Gasteiger partial charge in [-0.3, -0.25) is 0 Å². The summed E-state index contributed by atoms with van der Waals surface area (Å²) in [4.78, 5) is 10.6. The molecule has 1 aromatic heterocycles. The minimum absolute atomic E-state index is 0.639. The maximum absolute atomic E-state index is 5.28. The Balaban J connectivity index is 2.02. The molecule has 1 aliphatic heterocycles. The molecule has 0 amide bonds. The molecule has 0 spiro atoms. The monoisotopic (exact) mass is 209 g/mol. The third-order valence-corrected chi connectivity index (χ3v) is 2.22. The highest BCUT2D eigenvalue weighted by Crippen LogP contribution is 2.12. The molecule has 5 nitrogen and oxygen atoms in total. The smallest absolute Gasteiger partial charge is 0.225 e. The van der Waals surface area contributed by atoms with E-state index in [-0.39, 0.29) is 0 Å². The topological polar surface area (TPSA) is 47.5 Å². The highest BCUT2D eigenvalue weighted by Gasteiger charge is 2.13. The summed E-state index contributed by atoms with van der Waals surface area (Å²) in [6.07, 6.45) is 3.42. The number of hydrogen-bond acceptors (Lipinski definition) is 5. The van der Waals surface area contributed by atoms with E-state index in [1.807, 2.05) is 6.92 Å². The van der Waals surface area contributed by atoms with E-state index in [0.29, 0.717) is 6.61 Å². The number of rotatable bonds is 3. The van der Waals surface area contributed by atoms with Crippen molar-refractivity contribution in [2.75, 3.05) is 37.8 Å². The summed E-state index contributed by atoms with van der Waals surface area (Å²) in [5.74, 6) is 1.47. The van der Waals surface area contributed by atoms with Gasteiger partial charge in [-0.15, -0.1) is 0 Å². The van der Waals surface area contributed by atoms with Gasteiger partial charge in [-0.1, -0.05) is 0 Å². The maximum Gasteiger partial charge on any atom is 0.225 e. The molecule has 1 aliphatic rings. The van der Waals surface area contributed by atoms with Crippen LogP contribution in [0.15, 0.2) is 12.4 Å². The number of anilines is 1. The number of nitrogens with zero attached hydrogens (tertiary/aromatic N) is 3. The van der Waals surface area contributed by atoms with Crippen molar-refractivity contribution in [1.29, 1.82) is 0 Å². The maximum atomic E-state index is 5.28. The summed E-state index contributed by atoms with van der Waals surface area (Å²) in [5.41, 5.74) is 0. The Kier molecular flexibility index (Phi) is 3.34. The van der Waals surface area contributed by atoms with E-state index in [2.05, 4.69) is 14.9 Å². The lowest BCUT2D eigenvalue weighted by Gasteiger charge is -2.26. The lowest BCUT2D eigenvalue weighted by Crippen LogP contribution is -2.37. The molecule has 0 unspecified atom stereocenters. The fourth-order valence-corrected chi connectivity index (χ4v) is 1.48. The molecule has 1 aromatic rings. The molecule has 0 saturated carbocycles. The average Bonchev–Trinajstić information content (AvgIpc) is 2.32. The Bertz CT molecular complexity index is 296. The predicted octanol–water partition coefficient (Wildman–Crippen LogP) is 0.712. The molecular formula is C10H15N3O2. The minimum Gasteiger partial charge on any atom is -0.491 e. The Morgan fingerprint density at radius 2 is 2.00 bits per heavy atom. The molecule has 0 bridgehead atoms. The highest BCUT2D eigenvalue weighted by atomic mass is 16.5. The van der Waals surface area contributed by atoms with E-state index in [0.717, 1.165) is 38.0 Å². The van der Waals surface area contributed by atoms with Gasteiger partial charge in [0.25, 0.3) is 0 Å². The van der Waals surface area contributed by atoms with E-state index in [4.69, 9.17) is 9.47 Å². The van der Waals surface area contributed by atoms with Gasteiger partial charge < -0.3 is 14.4 Å². The van der Waals surface area contributed by atoms with Gasteiger partial charge in [0.1, 0.15) is 0 Å². The zero-order valence-corrected chi connectivity index (χ0v) is 8.85. The van der Waals surface area contributed by atoms with E-state index in [9.17, 15) is 0 Å². The van der Waals surface area contributed by atoms with Crippen LogP contribution in [-0.4, -0.2) is 42.9 Å². The first-order valence-electron chi connectivity index (χ1n) is 5.17. The minimum atomic E-state index is 0.639. The quantitative estimate of drug-likeness (QED) is 0.733. The largest absolute Gasteiger partial charge is 0.491 e. The van der Waals surface area contributed by atoms with Crippen molar-refractivity contribution < 1.29 is 9.47 Å². The van der Waals surface area contributed by atoms with Crippen molar-refractivity contribution in [3.63, 3.8) is 0 Å². The van der Waals surface area contributed by atoms with Crippen molar-refractivity contribution in [3.05, 3.63) is 12.4 Å². The van der Waals surface area contributed by atoms with Crippen LogP contribution in [0.25, 0.3) is 0 Å². The van der Waals surface area contributed by atoms with Crippen LogP contribution in [0.1, 0.15) is 6.92 Å². The Morgan fingerprint density at radius 1 is 1.33 bits per heavy atom. The van der Waals surface area contributed by atoms with Crippen LogP contribution in [0.5, 0.6) is 5.75 Å². The Hall–Kier alpha value is -1.36. The van der Waals surface area contributed by atoms with Gasteiger partial charge in [-0.05, 0) is 6.92 Å². The lowest BCUT2D eigenvalue weighted by molar-refractivity contribution is 0.122. The molecule has 0 atom stereocenters. The van der Waals surface area contributed by atoms with E-state index in [1.165, 1.54) is 0 Å². The summed E-state index contributed by atoms with van der Waals surface area (Å²) < 4.78 is 10.5. The van der Waals surface area contributed by atoms with Crippen molar-refractivity contribution in [1.82, 2.24) is 9.97 Å². The van der Waals surface area contributed by atoms with Gasteiger partial charge in [0.15, 0.2) is 5.75 Å². The fraction of sp³-hybridized carbons (Fsp3) is 0.600. The summed E-state index contributed by atoms with van der Waals surface area (Å²) in [6, 6.07) is 0. The lowest BCUT2D eigenvalue weighted by atomic mass is 10.4. The first kappa shape index (κ1) is 10.2. The molecule has 0 N–H and O–H groups in total. The van der Waals surface area contributed by atoms with Gasteiger partial charge in [0.2, 0.25) is 5.95 Å². The zero-order valence-electron chi connectivity index (χ0n) is 8.85. The first-order chi connectivity index (χ1) is 7.40. The molecule has 15 heavy (non-hydrogen) atoms. The predicted molar refractivity (Wildman–Crippen MR) is 56.2 cm³/mol. The molecular weight excluding hydrogens is 194 g/mol. The second kappa shape index (κ2) is 4.93. The first-order valence-corrected chi connectivity index (χ1v) is 5.17. The van der Waals surface area contributed by atoms with Crippen LogP contribution in [0.2, 0.25) is 0 Å². The number of aromatic nitrogens is 2. The molecule has 0 radical (unpaired) electrons. The summed E-state index contributed by atoms with van der Waals surface area (Å²) in [6.45, 7) is 5.78. The van der Waals surface area contributed by atoms with E-state index >= 15 is 0 Å². The molecule has 2 heterocycles. The van der Waals surface area contributed by atoms with Crippen LogP contribution < -0.4 is 9.64 Å². The fourth-order valence-electron chi connectivity index (χ4n) is 1.48. The Morgan fingerprint density at radius 3 is 2.60 bits per heavy atom. The normalized spacial score (nSPS) is 16.5. The van der Waals surface area contributed by atoms with Gasteiger partial charge in [0.05, 0.1) is 32.2 Å². The van der Waals surface area contributed by atoms with Crippen molar-refractivity contribution >= 4 is 5.95 Å². The van der Waals surface area contributed by atoms with Crippen LogP contribution in [0.4, 0.5) is 5.95 Å². The summed E-state index contributed by atoms with van der Waals surface area (Å²) in [5, 5.41) is 0. The molecule has 0 aliphatic carbocycles. The third kappa shape index (κ3) is 2.56. The molecule has 2 rings (SSSR count). The highest BCUT2D eigenvalue weighted by molar-refractivity contribution is 5.31. The Labute approximate surface area is 89.0 Å². The number of ether oxygens (including phenoxy) is 2. The zero-order chi connectivity index (χ0) is 10.5. The van der Waals surface area contributed by atoms with Crippen LogP contribution >= 0.6 is 0 Å². The van der Waals surface area contributed by atoms with Gasteiger partial charge in [-0.2, -0.15) is 0 Å². The van der Waals surface area contributed by atoms with Crippen LogP contribution in [-0.2, 0) is 4.74 Å². The van der Waals surface area contributed by atoms with E-state index in [1.54, 1.807) is 12.4 Å². The second-order valence-corrected chi connectivity index (χ2v) is 3.25. The molecule has 5 heteroatoms. The average molecular weight is 209 g/mol. The molecule has 1 saturated heterocycles. The van der Waals surface area contributed by atoms with Crippen molar-refractivity contribution in [2.24, 2.45) is 0 Å². The van der Waals surface area contributed by atoms with Crippen molar-refractivity contribution in [3.8, 4) is 5.75 Å². The van der Waals surface area contributed by atoms with Gasteiger partial charge in [0, 0.05) is 13.1 Å².